The lowest BCUT2D eigenvalue weighted by Gasteiger charge is -2.37. The second kappa shape index (κ2) is 6.19. The van der Waals surface area contributed by atoms with Crippen molar-refractivity contribution in [2.24, 2.45) is 5.41 Å². The van der Waals surface area contributed by atoms with E-state index in [1.54, 1.807) is 11.3 Å². The van der Waals surface area contributed by atoms with Crippen molar-refractivity contribution < 1.29 is 0 Å². The van der Waals surface area contributed by atoms with E-state index in [-0.39, 0.29) is 0 Å². The van der Waals surface area contributed by atoms with E-state index < -0.39 is 0 Å². The average Bonchev–Trinajstić information content (AvgIpc) is 2.76. The van der Waals surface area contributed by atoms with E-state index in [2.05, 4.69) is 23.6 Å². The Labute approximate surface area is 113 Å². The van der Waals surface area contributed by atoms with E-state index >= 15 is 0 Å². The quantitative estimate of drug-likeness (QED) is 0.860. The minimum Gasteiger partial charge on any atom is -0.316 e. The van der Waals surface area contributed by atoms with Crippen LogP contribution in [0, 0.1) is 5.41 Å². The Morgan fingerprint density at radius 2 is 2.41 bits per heavy atom. The minimum absolute atomic E-state index is 0.458. The van der Waals surface area contributed by atoms with Gasteiger partial charge in [0.2, 0.25) is 0 Å². The van der Waals surface area contributed by atoms with Gasteiger partial charge in [0.1, 0.15) is 0 Å². The summed E-state index contributed by atoms with van der Waals surface area (Å²) < 4.78 is 0.881. The summed E-state index contributed by atoms with van der Waals surface area (Å²) in [5, 5.41) is 7.11. The summed E-state index contributed by atoms with van der Waals surface area (Å²) in [4.78, 5) is 1.32. The van der Waals surface area contributed by atoms with Crippen LogP contribution in [0.5, 0.6) is 0 Å². The van der Waals surface area contributed by atoms with Gasteiger partial charge >= 0.3 is 0 Å². The maximum atomic E-state index is 5.92. The van der Waals surface area contributed by atoms with Crippen LogP contribution in [-0.4, -0.2) is 19.6 Å². The van der Waals surface area contributed by atoms with Gasteiger partial charge in [0.25, 0.3) is 0 Å². The first kappa shape index (κ1) is 13.3. The lowest BCUT2D eigenvalue weighted by Crippen LogP contribution is -2.45. The third-order valence-electron chi connectivity index (χ3n) is 3.74. The molecule has 0 aliphatic carbocycles. The SMILES string of the molecule is CCC1(CNCc2ccc(Cl)s2)CCCNC1. The largest absolute Gasteiger partial charge is 0.316 e. The number of thiophene rings is 1. The summed E-state index contributed by atoms with van der Waals surface area (Å²) in [5.41, 5.74) is 0.458. The molecule has 1 aromatic heterocycles. The van der Waals surface area contributed by atoms with E-state index in [1.165, 1.54) is 30.7 Å². The molecule has 2 nitrogen and oxygen atoms in total. The van der Waals surface area contributed by atoms with Gasteiger partial charge in [0.15, 0.2) is 0 Å². The van der Waals surface area contributed by atoms with Gasteiger partial charge in [0, 0.05) is 24.5 Å². The third-order valence-corrected chi connectivity index (χ3v) is 4.97. The standard InChI is InChI=1S/C13H21ClN2S/c1-2-13(6-3-7-15-9-13)10-16-8-11-4-5-12(14)17-11/h4-5,15-16H,2-3,6-10H2,1H3. The van der Waals surface area contributed by atoms with Crippen LogP contribution in [0.4, 0.5) is 0 Å². The summed E-state index contributed by atoms with van der Waals surface area (Å²) in [6, 6.07) is 4.08. The van der Waals surface area contributed by atoms with Crippen molar-refractivity contribution >= 4 is 22.9 Å². The lowest BCUT2D eigenvalue weighted by atomic mass is 9.78. The Morgan fingerprint density at radius 3 is 3.00 bits per heavy atom. The van der Waals surface area contributed by atoms with Crippen molar-refractivity contribution in [1.29, 1.82) is 0 Å². The van der Waals surface area contributed by atoms with E-state index in [4.69, 9.17) is 11.6 Å². The number of hydrogen-bond acceptors (Lipinski definition) is 3. The first-order valence-corrected chi connectivity index (χ1v) is 7.59. The number of rotatable bonds is 5. The second-order valence-electron chi connectivity index (χ2n) is 4.94. The van der Waals surface area contributed by atoms with Crippen LogP contribution in [0.25, 0.3) is 0 Å². The molecule has 1 saturated heterocycles. The molecule has 0 saturated carbocycles. The van der Waals surface area contributed by atoms with Crippen molar-refractivity contribution in [3.8, 4) is 0 Å². The number of hydrogen-bond donors (Lipinski definition) is 2. The average molecular weight is 273 g/mol. The molecule has 1 aliphatic heterocycles. The smallest absolute Gasteiger partial charge is 0.0931 e. The van der Waals surface area contributed by atoms with Crippen LogP contribution in [-0.2, 0) is 6.54 Å². The molecule has 0 spiro atoms. The highest BCUT2D eigenvalue weighted by Gasteiger charge is 2.29. The van der Waals surface area contributed by atoms with Crippen LogP contribution in [0.2, 0.25) is 4.34 Å². The Kier molecular flexibility index (Phi) is 4.86. The summed E-state index contributed by atoms with van der Waals surface area (Å²) in [5.74, 6) is 0. The zero-order valence-electron chi connectivity index (χ0n) is 10.4. The normalized spacial score (nSPS) is 25.1. The lowest BCUT2D eigenvalue weighted by molar-refractivity contribution is 0.192. The molecule has 0 amide bonds. The molecule has 0 bridgehead atoms. The fraction of sp³-hybridized carbons (Fsp3) is 0.692. The Bertz CT molecular complexity index is 345. The Hall–Kier alpha value is -0.0900. The number of halogens is 1. The molecule has 0 aromatic carbocycles. The van der Waals surface area contributed by atoms with E-state index in [9.17, 15) is 0 Å². The zero-order chi connectivity index (χ0) is 12.1. The molecular weight excluding hydrogens is 252 g/mol. The molecule has 2 rings (SSSR count). The molecular formula is C13H21ClN2S. The molecule has 4 heteroatoms. The van der Waals surface area contributed by atoms with E-state index in [1.807, 2.05) is 6.07 Å². The highest BCUT2D eigenvalue weighted by Crippen LogP contribution is 2.29. The Morgan fingerprint density at radius 1 is 1.53 bits per heavy atom. The molecule has 96 valence electrons. The van der Waals surface area contributed by atoms with Crippen molar-refractivity contribution in [3.05, 3.63) is 21.3 Å². The van der Waals surface area contributed by atoms with E-state index in [0.29, 0.717) is 5.41 Å². The van der Waals surface area contributed by atoms with Gasteiger partial charge in [-0.15, -0.1) is 11.3 Å². The zero-order valence-corrected chi connectivity index (χ0v) is 12.0. The summed E-state index contributed by atoms with van der Waals surface area (Å²) in [6.45, 7) is 6.69. The minimum atomic E-state index is 0.458. The van der Waals surface area contributed by atoms with Crippen molar-refractivity contribution in [3.63, 3.8) is 0 Å². The summed E-state index contributed by atoms with van der Waals surface area (Å²) in [7, 11) is 0. The maximum Gasteiger partial charge on any atom is 0.0931 e. The van der Waals surface area contributed by atoms with Gasteiger partial charge in [-0.25, -0.2) is 0 Å². The molecule has 2 heterocycles. The Balaban J connectivity index is 1.79. The molecule has 1 aromatic rings. The van der Waals surface area contributed by atoms with Gasteiger partial charge in [-0.3, -0.25) is 0 Å². The highest BCUT2D eigenvalue weighted by molar-refractivity contribution is 7.16. The van der Waals surface area contributed by atoms with Crippen LogP contribution in [0.15, 0.2) is 12.1 Å². The third kappa shape index (κ3) is 3.68. The van der Waals surface area contributed by atoms with Gasteiger partial charge in [-0.1, -0.05) is 18.5 Å². The van der Waals surface area contributed by atoms with E-state index in [0.717, 1.165) is 24.0 Å². The number of nitrogens with one attached hydrogen (secondary N) is 2. The summed E-state index contributed by atoms with van der Waals surface area (Å²) in [6.07, 6.45) is 3.90. The van der Waals surface area contributed by atoms with Crippen LogP contribution in [0.3, 0.4) is 0 Å². The van der Waals surface area contributed by atoms with Crippen molar-refractivity contribution in [1.82, 2.24) is 10.6 Å². The predicted molar refractivity (Wildman–Crippen MR) is 75.9 cm³/mol. The van der Waals surface area contributed by atoms with Crippen LogP contribution >= 0.6 is 22.9 Å². The molecule has 1 unspecified atom stereocenters. The molecule has 17 heavy (non-hydrogen) atoms. The van der Waals surface area contributed by atoms with Gasteiger partial charge in [-0.05, 0) is 43.4 Å². The van der Waals surface area contributed by atoms with Gasteiger partial charge in [0.05, 0.1) is 4.34 Å². The molecule has 1 fully saturated rings. The number of piperidine rings is 1. The molecule has 2 N–H and O–H groups in total. The predicted octanol–water partition coefficient (Wildman–Crippen LogP) is 3.27. The van der Waals surface area contributed by atoms with Gasteiger partial charge in [-0.2, -0.15) is 0 Å². The van der Waals surface area contributed by atoms with Crippen LogP contribution < -0.4 is 10.6 Å². The van der Waals surface area contributed by atoms with Gasteiger partial charge < -0.3 is 10.6 Å². The molecule has 0 radical (unpaired) electrons. The first-order valence-electron chi connectivity index (χ1n) is 6.40. The van der Waals surface area contributed by atoms with Crippen LogP contribution in [0.1, 0.15) is 31.1 Å². The first-order chi connectivity index (χ1) is 8.24. The fourth-order valence-corrected chi connectivity index (χ4v) is 3.56. The summed E-state index contributed by atoms with van der Waals surface area (Å²) >= 11 is 7.59. The van der Waals surface area contributed by atoms with Crippen molar-refractivity contribution in [2.45, 2.75) is 32.7 Å². The topological polar surface area (TPSA) is 24.1 Å². The monoisotopic (exact) mass is 272 g/mol. The maximum absolute atomic E-state index is 5.92. The van der Waals surface area contributed by atoms with Crippen molar-refractivity contribution in [2.75, 3.05) is 19.6 Å². The fourth-order valence-electron chi connectivity index (χ4n) is 2.51. The highest BCUT2D eigenvalue weighted by atomic mass is 35.5. The molecule has 1 atom stereocenters. The second-order valence-corrected chi connectivity index (χ2v) is 6.74. The molecule has 1 aliphatic rings.